The summed E-state index contributed by atoms with van der Waals surface area (Å²) in [5, 5.41) is 15.4. The highest BCUT2D eigenvalue weighted by atomic mass is 127. The Morgan fingerprint density at radius 1 is 1.32 bits per heavy atom. The highest BCUT2D eigenvalue weighted by Gasteiger charge is 2.13. The molecule has 0 atom stereocenters. The van der Waals surface area contributed by atoms with Crippen LogP contribution in [0.2, 0.25) is 0 Å². The van der Waals surface area contributed by atoms with Crippen molar-refractivity contribution in [1.29, 1.82) is 0 Å². The van der Waals surface area contributed by atoms with Crippen LogP contribution in [0.5, 0.6) is 0 Å². The smallest absolute Gasteiger partial charge is 0.335 e. The van der Waals surface area contributed by atoms with E-state index in [1.165, 1.54) is 23.5 Å². The molecule has 1 aromatic carbocycles. The zero-order valence-corrected chi connectivity index (χ0v) is 12.9. The molecular formula is C13H10INO3S. The lowest BCUT2D eigenvalue weighted by Gasteiger charge is -2.08. The van der Waals surface area contributed by atoms with Gasteiger partial charge in [-0.1, -0.05) is 0 Å². The van der Waals surface area contributed by atoms with Crippen molar-refractivity contribution in [1.82, 2.24) is 0 Å². The quantitative estimate of drug-likeness (QED) is 0.791. The highest BCUT2D eigenvalue weighted by Crippen LogP contribution is 2.22. The maximum absolute atomic E-state index is 12.1. The Kier molecular flexibility index (Phi) is 4.20. The first-order chi connectivity index (χ1) is 8.99. The Balaban J connectivity index is 2.28. The number of rotatable bonds is 3. The Bertz CT molecular complexity index is 651. The monoisotopic (exact) mass is 387 g/mol. The van der Waals surface area contributed by atoms with Gasteiger partial charge in [0, 0.05) is 8.95 Å². The second-order valence-corrected chi connectivity index (χ2v) is 5.83. The van der Waals surface area contributed by atoms with E-state index in [9.17, 15) is 9.59 Å². The third-order valence-corrected chi connectivity index (χ3v) is 4.36. The van der Waals surface area contributed by atoms with Gasteiger partial charge in [0.25, 0.3) is 5.91 Å². The predicted octanol–water partition coefficient (Wildman–Crippen LogP) is 3.61. The molecule has 0 bridgehead atoms. The molecular weight excluding hydrogens is 377 g/mol. The molecule has 2 aromatic rings. The van der Waals surface area contributed by atoms with E-state index < -0.39 is 5.97 Å². The third-order valence-electron chi connectivity index (χ3n) is 2.56. The van der Waals surface area contributed by atoms with Crippen LogP contribution < -0.4 is 5.32 Å². The number of benzene rings is 1. The van der Waals surface area contributed by atoms with E-state index in [0.29, 0.717) is 11.3 Å². The van der Waals surface area contributed by atoms with Gasteiger partial charge in [0.15, 0.2) is 0 Å². The van der Waals surface area contributed by atoms with Gasteiger partial charge >= 0.3 is 5.97 Å². The molecule has 0 aliphatic rings. The minimum Gasteiger partial charge on any atom is -0.478 e. The van der Waals surface area contributed by atoms with Gasteiger partial charge in [0.1, 0.15) is 0 Å². The summed E-state index contributed by atoms with van der Waals surface area (Å²) in [6, 6.07) is 4.64. The van der Waals surface area contributed by atoms with Crippen molar-refractivity contribution in [3.8, 4) is 0 Å². The van der Waals surface area contributed by atoms with Crippen molar-refractivity contribution in [2.24, 2.45) is 0 Å². The number of carbonyl (C=O) groups is 2. The second-order valence-electron chi connectivity index (χ2n) is 3.92. The summed E-state index contributed by atoms with van der Waals surface area (Å²) in [6.45, 7) is 1.87. The molecule has 0 aliphatic heterocycles. The first-order valence-corrected chi connectivity index (χ1v) is 7.38. The largest absolute Gasteiger partial charge is 0.478 e. The summed E-state index contributed by atoms with van der Waals surface area (Å²) in [5.74, 6) is -1.24. The fourth-order valence-corrected chi connectivity index (χ4v) is 2.84. The first kappa shape index (κ1) is 14.0. The average molecular weight is 387 g/mol. The highest BCUT2D eigenvalue weighted by molar-refractivity contribution is 14.1. The minimum atomic E-state index is -1.02. The third kappa shape index (κ3) is 3.13. The van der Waals surface area contributed by atoms with E-state index in [-0.39, 0.29) is 11.5 Å². The van der Waals surface area contributed by atoms with Crippen molar-refractivity contribution >= 4 is 51.5 Å². The van der Waals surface area contributed by atoms with E-state index in [2.05, 4.69) is 27.9 Å². The summed E-state index contributed by atoms with van der Waals surface area (Å²) < 4.78 is 0.795. The van der Waals surface area contributed by atoms with Crippen LogP contribution in [-0.2, 0) is 0 Å². The van der Waals surface area contributed by atoms with Gasteiger partial charge in [-0.3, -0.25) is 4.79 Å². The van der Waals surface area contributed by atoms with Crippen molar-refractivity contribution in [2.75, 3.05) is 5.32 Å². The van der Waals surface area contributed by atoms with E-state index in [1.54, 1.807) is 11.4 Å². The van der Waals surface area contributed by atoms with Crippen LogP contribution in [0.4, 0.5) is 5.69 Å². The summed E-state index contributed by atoms with van der Waals surface area (Å²) in [6.07, 6.45) is 0. The van der Waals surface area contributed by atoms with Crippen molar-refractivity contribution < 1.29 is 14.7 Å². The number of hydrogen-bond donors (Lipinski definition) is 2. The Hall–Kier alpha value is -1.41. The van der Waals surface area contributed by atoms with Crippen LogP contribution >= 0.6 is 33.9 Å². The minimum absolute atomic E-state index is 0.151. The van der Waals surface area contributed by atoms with Crippen LogP contribution in [-0.4, -0.2) is 17.0 Å². The molecule has 2 N–H and O–H groups in total. The van der Waals surface area contributed by atoms with Gasteiger partial charge < -0.3 is 10.4 Å². The van der Waals surface area contributed by atoms with Crippen molar-refractivity contribution in [3.63, 3.8) is 0 Å². The molecule has 2 rings (SSSR count). The normalized spacial score (nSPS) is 10.2. The van der Waals surface area contributed by atoms with E-state index in [4.69, 9.17) is 5.11 Å². The standard InChI is InChI=1S/C13H10INO3S/c1-7-5-19-6-9(7)12(16)15-11-4-8(13(17)18)2-3-10(11)14/h2-6H,1H3,(H,15,16)(H,17,18). The van der Waals surface area contributed by atoms with Gasteiger partial charge in [-0.2, -0.15) is 11.3 Å². The van der Waals surface area contributed by atoms with Crippen LogP contribution in [0.25, 0.3) is 0 Å². The molecule has 0 fully saturated rings. The van der Waals surface area contributed by atoms with Crippen molar-refractivity contribution in [3.05, 3.63) is 49.2 Å². The van der Waals surface area contributed by atoms with E-state index >= 15 is 0 Å². The number of thiophene rings is 1. The molecule has 4 nitrogen and oxygen atoms in total. The van der Waals surface area contributed by atoms with Crippen molar-refractivity contribution in [2.45, 2.75) is 6.92 Å². The maximum Gasteiger partial charge on any atom is 0.335 e. The van der Waals surface area contributed by atoms with Crippen LogP contribution in [0.15, 0.2) is 29.0 Å². The topological polar surface area (TPSA) is 66.4 Å². The first-order valence-electron chi connectivity index (χ1n) is 5.36. The Morgan fingerprint density at radius 3 is 2.63 bits per heavy atom. The summed E-state index contributed by atoms with van der Waals surface area (Å²) in [5.41, 5.74) is 2.18. The zero-order chi connectivity index (χ0) is 14.0. The summed E-state index contributed by atoms with van der Waals surface area (Å²) >= 11 is 3.52. The molecule has 0 saturated heterocycles. The SMILES string of the molecule is Cc1cscc1C(=O)Nc1cc(C(=O)O)ccc1I. The Morgan fingerprint density at radius 2 is 2.05 bits per heavy atom. The number of amides is 1. The zero-order valence-electron chi connectivity index (χ0n) is 9.94. The molecule has 98 valence electrons. The molecule has 1 amide bonds. The molecule has 6 heteroatoms. The van der Waals surface area contributed by atoms with E-state index in [0.717, 1.165) is 9.13 Å². The lowest BCUT2D eigenvalue weighted by Crippen LogP contribution is -2.13. The van der Waals surface area contributed by atoms with Crippen LogP contribution in [0.3, 0.4) is 0 Å². The Labute approximate surface area is 127 Å². The molecule has 1 aromatic heterocycles. The molecule has 19 heavy (non-hydrogen) atoms. The van der Waals surface area contributed by atoms with E-state index in [1.807, 2.05) is 12.3 Å². The molecule has 0 saturated carbocycles. The summed E-state index contributed by atoms with van der Waals surface area (Å²) in [4.78, 5) is 23.0. The fourth-order valence-electron chi connectivity index (χ4n) is 1.54. The fraction of sp³-hybridized carbons (Fsp3) is 0.0769. The predicted molar refractivity (Wildman–Crippen MR) is 83.1 cm³/mol. The molecule has 0 unspecified atom stereocenters. The van der Waals surface area contributed by atoms with Gasteiger partial charge in [-0.05, 0) is 58.7 Å². The number of anilines is 1. The van der Waals surface area contributed by atoms with Gasteiger partial charge in [-0.15, -0.1) is 0 Å². The molecule has 0 spiro atoms. The van der Waals surface area contributed by atoms with Crippen LogP contribution in [0, 0.1) is 10.5 Å². The van der Waals surface area contributed by atoms with Crippen LogP contribution in [0.1, 0.15) is 26.3 Å². The number of hydrogen-bond acceptors (Lipinski definition) is 3. The maximum atomic E-state index is 12.1. The number of carbonyl (C=O) groups excluding carboxylic acids is 1. The lowest BCUT2D eigenvalue weighted by molar-refractivity contribution is 0.0696. The number of aryl methyl sites for hydroxylation is 1. The molecule has 0 aliphatic carbocycles. The number of nitrogens with one attached hydrogen (secondary N) is 1. The average Bonchev–Trinajstić information content (AvgIpc) is 2.78. The molecule has 0 radical (unpaired) electrons. The second kappa shape index (κ2) is 5.70. The number of carboxylic acids is 1. The van der Waals surface area contributed by atoms with Gasteiger partial charge in [0.2, 0.25) is 0 Å². The van der Waals surface area contributed by atoms with Gasteiger partial charge in [-0.25, -0.2) is 4.79 Å². The number of halogens is 1. The lowest BCUT2D eigenvalue weighted by atomic mass is 10.2. The number of aromatic carboxylic acids is 1. The number of carboxylic acid groups (broad SMARTS) is 1. The summed E-state index contributed by atoms with van der Waals surface area (Å²) in [7, 11) is 0. The molecule has 1 heterocycles. The van der Waals surface area contributed by atoms with Gasteiger partial charge in [0.05, 0.1) is 16.8 Å².